The third-order valence-electron chi connectivity index (χ3n) is 1.70. The van der Waals surface area contributed by atoms with Gasteiger partial charge in [0.15, 0.2) is 0 Å². The zero-order chi connectivity index (χ0) is 11.6. The van der Waals surface area contributed by atoms with Crippen molar-refractivity contribution in [2.24, 2.45) is 0 Å². The highest BCUT2D eigenvalue weighted by Gasteiger charge is 2.19. The van der Waals surface area contributed by atoms with Gasteiger partial charge in [-0.2, -0.15) is 0 Å². The molecule has 1 N–H and O–H groups in total. The van der Waals surface area contributed by atoms with Crippen LogP contribution in [0.25, 0.3) is 0 Å². The summed E-state index contributed by atoms with van der Waals surface area (Å²) in [5.74, 6) is -0.385. The molecule has 15 heavy (non-hydrogen) atoms. The van der Waals surface area contributed by atoms with E-state index in [0.29, 0.717) is 0 Å². The SMILES string of the molecule is CNC(=O)c1cccc(S(=O)(=O)Cl)c1Br. The number of amides is 1. The largest absolute Gasteiger partial charge is 0.355 e. The van der Waals surface area contributed by atoms with Gasteiger partial charge in [0.05, 0.1) is 14.9 Å². The molecule has 0 atom stereocenters. The lowest BCUT2D eigenvalue weighted by atomic mass is 10.2. The summed E-state index contributed by atoms with van der Waals surface area (Å²) in [7, 11) is 2.80. The summed E-state index contributed by atoms with van der Waals surface area (Å²) in [5.41, 5.74) is 0.222. The van der Waals surface area contributed by atoms with Crippen LogP contribution in [0.5, 0.6) is 0 Å². The Hall–Kier alpha value is -0.590. The molecule has 0 saturated carbocycles. The summed E-state index contributed by atoms with van der Waals surface area (Å²) in [6, 6.07) is 4.26. The van der Waals surface area contributed by atoms with Crippen molar-refractivity contribution in [3.63, 3.8) is 0 Å². The number of benzene rings is 1. The Morgan fingerprint density at radius 1 is 1.47 bits per heavy atom. The molecule has 0 spiro atoms. The predicted molar refractivity (Wildman–Crippen MR) is 60.6 cm³/mol. The number of hydrogen-bond acceptors (Lipinski definition) is 3. The maximum absolute atomic E-state index is 11.3. The van der Waals surface area contributed by atoms with Crippen LogP contribution in [-0.2, 0) is 9.05 Å². The van der Waals surface area contributed by atoms with Crippen LogP contribution in [0.4, 0.5) is 0 Å². The Balaban J connectivity index is 3.43. The standard InChI is InChI=1S/C8H7BrClNO3S/c1-11-8(12)5-3-2-4-6(7(5)9)15(10,13)14/h2-4H,1H3,(H,11,12). The molecule has 0 radical (unpaired) electrons. The fourth-order valence-electron chi connectivity index (χ4n) is 1.01. The molecule has 0 bridgehead atoms. The van der Waals surface area contributed by atoms with Crippen molar-refractivity contribution in [3.8, 4) is 0 Å². The van der Waals surface area contributed by atoms with Crippen molar-refractivity contribution < 1.29 is 13.2 Å². The fourth-order valence-corrected chi connectivity index (χ4v) is 3.32. The molecule has 1 amide bonds. The molecular weight excluding hydrogens is 306 g/mol. The van der Waals surface area contributed by atoms with E-state index in [1.54, 1.807) is 0 Å². The Bertz CT molecular complexity index is 501. The Labute approximate surface area is 100 Å². The molecule has 0 aliphatic heterocycles. The average molecular weight is 313 g/mol. The van der Waals surface area contributed by atoms with E-state index in [9.17, 15) is 13.2 Å². The van der Waals surface area contributed by atoms with Gasteiger partial charge < -0.3 is 5.32 Å². The van der Waals surface area contributed by atoms with Crippen LogP contribution in [0.3, 0.4) is 0 Å². The van der Waals surface area contributed by atoms with Crippen LogP contribution in [0, 0.1) is 0 Å². The third-order valence-corrected chi connectivity index (χ3v) is 4.18. The Kier molecular flexibility index (Phi) is 3.75. The van der Waals surface area contributed by atoms with E-state index in [1.807, 2.05) is 0 Å². The highest BCUT2D eigenvalue weighted by atomic mass is 79.9. The van der Waals surface area contributed by atoms with E-state index in [1.165, 1.54) is 25.2 Å². The summed E-state index contributed by atoms with van der Waals surface area (Å²) in [6.07, 6.45) is 0. The second-order valence-electron chi connectivity index (χ2n) is 2.63. The maximum Gasteiger partial charge on any atom is 0.262 e. The van der Waals surface area contributed by atoms with Crippen molar-refractivity contribution in [2.75, 3.05) is 7.05 Å². The fraction of sp³-hybridized carbons (Fsp3) is 0.125. The van der Waals surface area contributed by atoms with Gasteiger partial charge in [-0.3, -0.25) is 4.79 Å². The van der Waals surface area contributed by atoms with Crippen molar-refractivity contribution >= 4 is 41.6 Å². The first-order valence-electron chi connectivity index (χ1n) is 3.83. The molecule has 0 fully saturated rings. The number of halogens is 2. The number of nitrogens with one attached hydrogen (secondary N) is 1. The second kappa shape index (κ2) is 4.51. The van der Waals surface area contributed by atoms with Gasteiger partial charge in [0.25, 0.3) is 15.0 Å². The van der Waals surface area contributed by atoms with Crippen LogP contribution in [0.1, 0.15) is 10.4 Å². The van der Waals surface area contributed by atoms with Crippen LogP contribution in [0.2, 0.25) is 0 Å². The zero-order valence-electron chi connectivity index (χ0n) is 7.62. The molecule has 7 heteroatoms. The maximum atomic E-state index is 11.3. The summed E-state index contributed by atoms with van der Waals surface area (Å²) in [6.45, 7) is 0. The van der Waals surface area contributed by atoms with Gasteiger partial charge in [-0.15, -0.1) is 0 Å². The van der Waals surface area contributed by atoms with Gasteiger partial charge in [-0.1, -0.05) is 6.07 Å². The highest BCUT2D eigenvalue weighted by Crippen LogP contribution is 2.28. The van der Waals surface area contributed by atoms with E-state index in [0.717, 1.165) is 0 Å². The minimum Gasteiger partial charge on any atom is -0.355 e. The summed E-state index contributed by atoms with van der Waals surface area (Å²) >= 11 is 3.03. The molecule has 1 aromatic rings. The van der Waals surface area contributed by atoms with E-state index in [-0.39, 0.29) is 20.8 Å². The van der Waals surface area contributed by atoms with Crippen molar-refractivity contribution in [2.45, 2.75) is 4.90 Å². The minimum atomic E-state index is -3.85. The van der Waals surface area contributed by atoms with E-state index in [4.69, 9.17) is 10.7 Å². The number of hydrogen-bond donors (Lipinski definition) is 1. The first-order chi connectivity index (χ1) is 6.88. The first kappa shape index (κ1) is 12.5. The molecule has 0 saturated heterocycles. The summed E-state index contributed by atoms with van der Waals surface area (Å²) < 4.78 is 22.4. The number of carbonyl (C=O) groups excluding carboxylic acids is 1. The predicted octanol–water partition coefficient (Wildman–Crippen LogP) is 1.74. The van der Waals surface area contributed by atoms with E-state index in [2.05, 4.69) is 21.2 Å². The van der Waals surface area contributed by atoms with Gasteiger partial charge in [0, 0.05) is 17.7 Å². The van der Waals surface area contributed by atoms with Crippen LogP contribution in [-0.4, -0.2) is 21.4 Å². The van der Waals surface area contributed by atoms with Gasteiger partial charge >= 0.3 is 0 Å². The molecule has 0 unspecified atom stereocenters. The van der Waals surface area contributed by atoms with E-state index < -0.39 is 9.05 Å². The average Bonchev–Trinajstić information content (AvgIpc) is 2.15. The van der Waals surface area contributed by atoms with Gasteiger partial charge in [-0.05, 0) is 28.1 Å². The normalized spacial score (nSPS) is 11.1. The second-order valence-corrected chi connectivity index (χ2v) is 5.96. The quantitative estimate of drug-likeness (QED) is 0.846. The van der Waals surface area contributed by atoms with Crippen LogP contribution >= 0.6 is 26.6 Å². The molecular formula is C8H7BrClNO3S. The lowest BCUT2D eigenvalue weighted by molar-refractivity contribution is 0.0962. The molecule has 1 aromatic carbocycles. The topological polar surface area (TPSA) is 63.2 Å². The molecule has 82 valence electrons. The minimum absolute atomic E-state index is 0.120. The Morgan fingerprint density at radius 3 is 2.53 bits per heavy atom. The Morgan fingerprint density at radius 2 is 2.07 bits per heavy atom. The van der Waals surface area contributed by atoms with E-state index >= 15 is 0 Å². The lowest BCUT2D eigenvalue weighted by Crippen LogP contribution is -2.18. The smallest absolute Gasteiger partial charge is 0.262 e. The van der Waals surface area contributed by atoms with Gasteiger partial charge in [0.2, 0.25) is 0 Å². The number of carbonyl (C=O) groups is 1. The molecule has 0 aliphatic rings. The summed E-state index contributed by atoms with van der Waals surface area (Å²) in [5, 5.41) is 2.39. The van der Waals surface area contributed by atoms with Crippen molar-refractivity contribution in [3.05, 3.63) is 28.2 Å². The third kappa shape index (κ3) is 2.70. The van der Waals surface area contributed by atoms with Gasteiger partial charge in [0.1, 0.15) is 0 Å². The molecule has 4 nitrogen and oxygen atoms in total. The number of rotatable bonds is 2. The zero-order valence-corrected chi connectivity index (χ0v) is 10.8. The molecule has 0 aliphatic carbocycles. The first-order valence-corrected chi connectivity index (χ1v) is 6.93. The monoisotopic (exact) mass is 311 g/mol. The summed E-state index contributed by atoms with van der Waals surface area (Å²) in [4.78, 5) is 11.2. The van der Waals surface area contributed by atoms with Crippen LogP contribution in [0.15, 0.2) is 27.6 Å². The highest BCUT2D eigenvalue weighted by molar-refractivity contribution is 9.10. The lowest BCUT2D eigenvalue weighted by Gasteiger charge is -2.05. The molecule has 0 heterocycles. The van der Waals surface area contributed by atoms with Gasteiger partial charge in [-0.25, -0.2) is 8.42 Å². The van der Waals surface area contributed by atoms with Crippen LogP contribution < -0.4 is 5.32 Å². The molecule has 1 rings (SSSR count). The van der Waals surface area contributed by atoms with Crippen molar-refractivity contribution in [1.82, 2.24) is 5.32 Å². The van der Waals surface area contributed by atoms with Crippen molar-refractivity contribution in [1.29, 1.82) is 0 Å². The molecule has 0 aromatic heterocycles.